The molecule has 314 valence electrons. The maximum absolute atomic E-state index is 15.0. The van der Waals surface area contributed by atoms with Crippen molar-refractivity contribution in [2.75, 3.05) is 19.8 Å². The number of nitrogens with zero attached hydrogens (tertiary/aromatic N) is 2. The summed E-state index contributed by atoms with van der Waals surface area (Å²) in [5.41, 5.74) is 1.16. The number of hydrogen-bond donors (Lipinski definition) is 2. The Morgan fingerprint density at radius 2 is 1.36 bits per heavy atom. The summed E-state index contributed by atoms with van der Waals surface area (Å²) in [4.78, 5) is 11.6. The predicted octanol–water partition coefficient (Wildman–Crippen LogP) is 8.77. The molecule has 59 heavy (non-hydrogen) atoms. The largest absolute Gasteiger partial charge is 0.488 e. The van der Waals surface area contributed by atoms with Gasteiger partial charge in [0.15, 0.2) is 21.4 Å². The van der Waals surface area contributed by atoms with Crippen molar-refractivity contribution in [1.82, 2.24) is 10.6 Å². The van der Waals surface area contributed by atoms with Crippen LogP contribution in [0.1, 0.15) is 68.4 Å². The topological polar surface area (TPSA) is 160 Å². The lowest BCUT2D eigenvalue weighted by atomic mass is 9.99. The highest BCUT2D eigenvalue weighted by Gasteiger charge is 2.44. The van der Waals surface area contributed by atoms with Gasteiger partial charge in [0.05, 0.1) is 54.7 Å². The molecule has 11 nitrogen and oxygen atoms in total. The summed E-state index contributed by atoms with van der Waals surface area (Å²) in [6.45, 7) is 6.84. The van der Waals surface area contributed by atoms with E-state index in [4.69, 9.17) is 35.8 Å². The Morgan fingerprint density at radius 3 is 1.90 bits per heavy atom. The van der Waals surface area contributed by atoms with E-state index in [1.807, 2.05) is 60.7 Å². The molecule has 0 fully saturated rings. The minimum Gasteiger partial charge on any atom is -0.488 e. The molecule has 1 aliphatic heterocycles. The average molecular weight is 851 g/mol. The van der Waals surface area contributed by atoms with E-state index in [-0.39, 0.29) is 35.9 Å². The van der Waals surface area contributed by atoms with Crippen molar-refractivity contribution in [2.24, 2.45) is 0 Å². The minimum atomic E-state index is -4.22. The van der Waals surface area contributed by atoms with Crippen LogP contribution >= 0.6 is 11.6 Å². The molecule has 1 heterocycles. The molecule has 5 rings (SSSR count). The first kappa shape index (κ1) is 46.6. The van der Waals surface area contributed by atoms with Crippen molar-refractivity contribution in [1.29, 1.82) is 10.5 Å². The Morgan fingerprint density at radius 1 is 0.831 bits per heavy atom. The number of fused-ring (bicyclic) bond motifs is 1. The van der Waals surface area contributed by atoms with E-state index < -0.39 is 56.2 Å². The lowest BCUT2D eigenvalue weighted by molar-refractivity contribution is 0.0484. The normalized spacial score (nSPS) is 15.8. The average Bonchev–Trinajstić information content (AvgIpc) is 3.20. The number of halogens is 3. The summed E-state index contributed by atoms with van der Waals surface area (Å²) in [7, 11) is -4.22. The van der Waals surface area contributed by atoms with Crippen molar-refractivity contribution in [2.45, 2.75) is 93.5 Å². The third-order valence-corrected chi connectivity index (χ3v) is 11.3. The number of rotatable bonds is 17. The van der Waals surface area contributed by atoms with E-state index in [9.17, 15) is 22.9 Å². The second kappa shape index (κ2) is 22.9. The van der Waals surface area contributed by atoms with Gasteiger partial charge in [-0.2, -0.15) is 10.5 Å². The molecule has 15 heteroatoms. The molecule has 1 amide bonds. The van der Waals surface area contributed by atoms with Crippen LogP contribution < -0.4 is 15.4 Å². The van der Waals surface area contributed by atoms with Gasteiger partial charge in [0, 0.05) is 30.3 Å². The molecule has 1 aliphatic rings. The number of nitrogens with one attached hydrogen (secondary N) is 2. The molecule has 0 aromatic heterocycles. The first-order chi connectivity index (χ1) is 28.2. The van der Waals surface area contributed by atoms with Crippen molar-refractivity contribution < 1.29 is 40.9 Å². The fourth-order valence-corrected chi connectivity index (χ4v) is 8.20. The van der Waals surface area contributed by atoms with Gasteiger partial charge in [-0.1, -0.05) is 72.3 Å². The Bertz CT molecular complexity index is 2130. The summed E-state index contributed by atoms with van der Waals surface area (Å²) < 4.78 is 79.1. The molecule has 4 aromatic carbocycles. The number of benzene rings is 4. The number of nitriles is 2. The van der Waals surface area contributed by atoms with Crippen LogP contribution in [0.5, 0.6) is 5.75 Å². The van der Waals surface area contributed by atoms with Gasteiger partial charge in [-0.15, -0.1) is 0 Å². The highest BCUT2D eigenvalue weighted by molar-refractivity contribution is 7.91. The van der Waals surface area contributed by atoms with Crippen LogP contribution in [-0.2, 0) is 37.3 Å². The number of hydrogen-bond acceptors (Lipinski definition) is 10. The molecule has 0 aliphatic carbocycles. The Balaban J connectivity index is 0.000000299. The SMILES string of the molecule is CC(C)(C)OC(=O)NC(CC#N)CCOCc1ccccc1.N#CCC(CCOCc1ccccc1)NC1COc2c(F)ccc(F)c2C1S(=O)(=O)c1ccc(Cl)cc1. The number of alkyl carbamates (subject to hydrolysis) is 1. The van der Waals surface area contributed by atoms with E-state index in [0.717, 1.165) is 23.3 Å². The Hall–Kier alpha value is -5.09. The molecule has 4 aromatic rings. The van der Waals surface area contributed by atoms with Gasteiger partial charge in [-0.25, -0.2) is 22.0 Å². The number of sulfone groups is 1. The van der Waals surface area contributed by atoms with E-state index in [1.165, 1.54) is 24.3 Å². The Labute approximate surface area is 350 Å². The zero-order valence-corrected chi connectivity index (χ0v) is 34.8. The number of carbonyl (C=O) groups is 1. The minimum absolute atomic E-state index is 0.0530. The second-order valence-corrected chi connectivity index (χ2v) is 17.2. The van der Waals surface area contributed by atoms with Gasteiger partial charge in [0.25, 0.3) is 0 Å². The second-order valence-electron chi connectivity index (χ2n) is 14.7. The quantitative estimate of drug-likeness (QED) is 0.0984. The van der Waals surface area contributed by atoms with E-state index in [0.29, 0.717) is 44.3 Å². The van der Waals surface area contributed by atoms with Crippen molar-refractivity contribution in [3.8, 4) is 17.9 Å². The van der Waals surface area contributed by atoms with Crippen LogP contribution in [0.4, 0.5) is 13.6 Å². The van der Waals surface area contributed by atoms with Crippen LogP contribution in [-0.4, -0.2) is 58.1 Å². The fourth-order valence-electron chi connectivity index (χ4n) is 6.15. The van der Waals surface area contributed by atoms with E-state index in [2.05, 4.69) is 22.8 Å². The lowest BCUT2D eigenvalue weighted by Crippen LogP contribution is -2.50. The monoisotopic (exact) mass is 850 g/mol. The van der Waals surface area contributed by atoms with Crippen LogP contribution in [0.2, 0.25) is 5.02 Å². The summed E-state index contributed by atoms with van der Waals surface area (Å²) in [5.74, 6) is -2.17. The van der Waals surface area contributed by atoms with Crippen molar-refractivity contribution in [3.63, 3.8) is 0 Å². The lowest BCUT2D eigenvalue weighted by Gasteiger charge is -2.36. The zero-order valence-electron chi connectivity index (χ0n) is 33.2. The van der Waals surface area contributed by atoms with Gasteiger partial charge in [0.1, 0.15) is 23.3 Å². The fraction of sp³-hybridized carbons (Fsp3) is 0.386. The molecule has 0 radical (unpaired) electrons. The van der Waals surface area contributed by atoms with Gasteiger partial charge in [0.2, 0.25) is 0 Å². The molecular formula is C44H49ClF2N4O7S. The molecule has 2 N–H and O–H groups in total. The predicted molar refractivity (Wildman–Crippen MR) is 219 cm³/mol. The third kappa shape index (κ3) is 14.9. The van der Waals surface area contributed by atoms with Gasteiger partial charge in [-0.3, -0.25) is 0 Å². The third-order valence-electron chi connectivity index (χ3n) is 8.92. The number of amides is 1. The molecule has 4 unspecified atom stereocenters. The molecule has 0 bridgehead atoms. The van der Waals surface area contributed by atoms with Gasteiger partial charge >= 0.3 is 6.09 Å². The molecule has 0 saturated heterocycles. The highest BCUT2D eigenvalue weighted by atomic mass is 35.5. The summed E-state index contributed by atoms with van der Waals surface area (Å²) >= 11 is 5.93. The molecule has 4 atom stereocenters. The van der Waals surface area contributed by atoms with E-state index >= 15 is 4.39 Å². The van der Waals surface area contributed by atoms with Gasteiger partial charge in [-0.05, 0) is 81.1 Å². The van der Waals surface area contributed by atoms with Crippen LogP contribution in [0.15, 0.2) is 102 Å². The summed E-state index contributed by atoms with van der Waals surface area (Å²) in [6.07, 6.45) is 0.740. The van der Waals surface area contributed by atoms with Gasteiger partial charge < -0.3 is 29.6 Å². The zero-order chi connectivity index (χ0) is 42.8. The maximum atomic E-state index is 15.0. The maximum Gasteiger partial charge on any atom is 0.407 e. The molecular weight excluding hydrogens is 802 g/mol. The van der Waals surface area contributed by atoms with Crippen LogP contribution in [0, 0.1) is 34.3 Å². The van der Waals surface area contributed by atoms with E-state index in [1.54, 1.807) is 20.8 Å². The number of carbonyl (C=O) groups excluding carboxylic acids is 1. The molecule has 0 spiro atoms. The van der Waals surface area contributed by atoms with Crippen LogP contribution in [0.3, 0.4) is 0 Å². The van der Waals surface area contributed by atoms with Crippen molar-refractivity contribution >= 4 is 27.5 Å². The first-order valence-electron chi connectivity index (χ1n) is 19.0. The summed E-state index contributed by atoms with van der Waals surface area (Å²) in [6, 6.07) is 29.2. The number of ether oxygens (including phenoxy) is 4. The Kier molecular flexibility index (Phi) is 18.1. The molecule has 0 saturated carbocycles. The standard InChI is InChI=1S/C27H25ClF2N2O4S.C17H24N2O3/c28-19-6-8-21(9-7-19)37(33,34)27-24(17-36-26-23(30)11-10-22(29)25(26)27)32-20(12-14-31)13-15-35-16-18-4-2-1-3-5-18;1-17(2,3)22-16(20)19-15(9-11-18)10-12-21-13-14-7-5-4-6-8-14/h1-11,20,24,27,32H,12-13,15-17H2;4-8,15H,9-10,12-13H2,1-3H3,(H,19,20). The smallest absolute Gasteiger partial charge is 0.407 e. The first-order valence-corrected chi connectivity index (χ1v) is 21.0. The summed E-state index contributed by atoms with van der Waals surface area (Å²) in [5, 5.41) is 22.9. The van der Waals surface area contributed by atoms with Crippen molar-refractivity contribution in [3.05, 3.63) is 130 Å². The highest BCUT2D eigenvalue weighted by Crippen LogP contribution is 2.43. The van der Waals surface area contributed by atoms with Crippen LogP contribution in [0.25, 0.3) is 0 Å².